The molecule has 7 heteroatoms. The first-order valence-electron chi connectivity index (χ1n) is 7.07. The first-order chi connectivity index (χ1) is 11.1. The molecule has 3 heterocycles. The highest BCUT2D eigenvalue weighted by atomic mass is 19.2. The summed E-state index contributed by atoms with van der Waals surface area (Å²) in [6, 6.07) is 3.68. The van der Waals surface area contributed by atoms with Crippen LogP contribution in [0.25, 0.3) is 27.7 Å². The second-order valence-electron chi connectivity index (χ2n) is 5.35. The van der Waals surface area contributed by atoms with Gasteiger partial charge in [0.1, 0.15) is 17.0 Å². The van der Waals surface area contributed by atoms with Crippen molar-refractivity contribution in [1.82, 2.24) is 19.6 Å². The zero-order chi connectivity index (χ0) is 16.1. The number of imidazole rings is 1. The quantitative estimate of drug-likeness (QED) is 0.595. The summed E-state index contributed by atoms with van der Waals surface area (Å²) in [5.74, 6) is -1.03. The first kappa shape index (κ1) is 13.7. The van der Waals surface area contributed by atoms with Crippen molar-refractivity contribution in [1.29, 1.82) is 0 Å². The maximum Gasteiger partial charge on any atom is 0.184 e. The number of nitrogens with one attached hydrogen (secondary N) is 2. The van der Waals surface area contributed by atoms with Crippen molar-refractivity contribution in [3.63, 3.8) is 0 Å². The maximum absolute atomic E-state index is 14.2. The van der Waals surface area contributed by atoms with E-state index in [9.17, 15) is 8.78 Å². The molecule has 0 atom stereocenters. The maximum atomic E-state index is 14.2. The Kier molecular flexibility index (Phi) is 2.84. The Labute approximate surface area is 130 Å². The molecule has 0 saturated heterocycles. The molecule has 3 aromatic heterocycles. The van der Waals surface area contributed by atoms with Crippen LogP contribution in [0.1, 0.15) is 5.56 Å². The summed E-state index contributed by atoms with van der Waals surface area (Å²) in [6.07, 6.45) is 5.19. The van der Waals surface area contributed by atoms with Crippen LogP contribution in [0, 0.1) is 18.6 Å². The van der Waals surface area contributed by atoms with Crippen LogP contribution in [0.2, 0.25) is 0 Å². The molecule has 116 valence electrons. The number of rotatable bonds is 2. The number of H-pyrrole nitrogens is 1. The molecule has 2 N–H and O–H groups in total. The van der Waals surface area contributed by atoms with Crippen LogP contribution in [-0.2, 0) is 0 Å². The van der Waals surface area contributed by atoms with E-state index in [0.717, 1.165) is 17.0 Å². The van der Waals surface area contributed by atoms with Crippen LogP contribution in [-0.4, -0.2) is 26.6 Å². The number of anilines is 1. The van der Waals surface area contributed by atoms with Gasteiger partial charge in [-0.1, -0.05) is 0 Å². The molecular weight excluding hydrogens is 300 g/mol. The predicted octanol–water partition coefficient (Wildman–Crippen LogP) is 3.51. The Morgan fingerprint density at radius 1 is 1.17 bits per heavy atom. The van der Waals surface area contributed by atoms with E-state index >= 15 is 0 Å². The van der Waals surface area contributed by atoms with E-state index in [1.807, 2.05) is 28.9 Å². The number of aromatic nitrogens is 4. The first-order valence-corrected chi connectivity index (χ1v) is 7.07. The van der Waals surface area contributed by atoms with E-state index in [0.29, 0.717) is 10.9 Å². The van der Waals surface area contributed by atoms with Crippen molar-refractivity contribution in [3.8, 4) is 11.1 Å². The van der Waals surface area contributed by atoms with Crippen LogP contribution in [0.15, 0.2) is 30.7 Å². The van der Waals surface area contributed by atoms with Gasteiger partial charge in [0, 0.05) is 24.2 Å². The highest BCUT2D eigenvalue weighted by Crippen LogP contribution is 2.34. The Balaban J connectivity index is 2.03. The van der Waals surface area contributed by atoms with Gasteiger partial charge in [0.15, 0.2) is 11.6 Å². The van der Waals surface area contributed by atoms with E-state index in [1.54, 1.807) is 14.0 Å². The number of pyridine rings is 1. The lowest BCUT2D eigenvalue weighted by Crippen LogP contribution is -1.96. The van der Waals surface area contributed by atoms with E-state index in [2.05, 4.69) is 20.5 Å². The normalized spacial score (nSPS) is 11.5. The second-order valence-corrected chi connectivity index (χ2v) is 5.35. The van der Waals surface area contributed by atoms with Crippen LogP contribution >= 0.6 is 0 Å². The van der Waals surface area contributed by atoms with Crippen LogP contribution in [0.5, 0.6) is 0 Å². The van der Waals surface area contributed by atoms with Crippen LogP contribution in [0.4, 0.5) is 14.6 Å². The molecule has 4 rings (SSSR count). The lowest BCUT2D eigenvalue weighted by molar-refractivity contribution is 0.510. The summed E-state index contributed by atoms with van der Waals surface area (Å²) in [7, 11) is 1.79. The molecule has 0 aliphatic rings. The number of nitrogens with zero attached hydrogens (tertiary/aromatic N) is 3. The van der Waals surface area contributed by atoms with Crippen molar-refractivity contribution in [2.24, 2.45) is 0 Å². The van der Waals surface area contributed by atoms with Gasteiger partial charge in [0.2, 0.25) is 0 Å². The van der Waals surface area contributed by atoms with Gasteiger partial charge in [-0.05, 0) is 30.2 Å². The molecular formula is C16H13F2N5. The third-order valence-electron chi connectivity index (χ3n) is 4.02. The second kappa shape index (κ2) is 4.77. The van der Waals surface area contributed by atoms with E-state index in [-0.39, 0.29) is 11.1 Å². The number of aromatic amines is 1. The molecule has 4 aromatic rings. The number of benzene rings is 1. The zero-order valence-electron chi connectivity index (χ0n) is 12.5. The summed E-state index contributed by atoms with van der Waals surface area (Å²) >= 11 is 0. The Hall–Kier alpha value is -2.96. The van der Waals surface area contributed by atoms with Gasteiger partial charge >= 0.3 is 0 Å². The van der Waals surface area contributed by atoms with Gasteiger partial charge in [-0.3, -0.25) is 5.10 Å². The van der Waals surface area contributed by atoms with E-state index < -0.39 is 11.6 Å². The lowest BCUT2D eigenvalue weighted by atomic mass is 9.97. The molecule has 0 aliphatic carbocycles. The van der Waals surface area contributed by atoms with Crippen molar-refractivity contribution in [2.75, 3.05) is 12.4 Å². The van der Waals surface area contributed by atoms with Crippen molar-refractivity contribution >= 4 is 22.4 Å². The number of hydrogen-bond donors (Lipinski definition) is 2. The summed E-state index contributed by atoms with van der Waals surface area (Å²) in [4.78, 5) is 4.37. The number of hydrogen-bond acceptors (Lipinski definition) is 3. The fraction of sp³-hybridized carbons (Fsp3) is 0.125. The molecule has 0 bridgehead atoms. The van der Waals surface area contributed by atoms with E-state index in [4.69, 9.17) is 0 Å². The van der Waals surface area contributed by atoms with Gasteiger partial charge in [0.25, 0.3) is 0 Å². The monoisotopic (exact) mass is 313 g/mol. The fourth-order valence-electron chi connectivity index (χ4n) is 2.86. The third kappa shape index (κ3) is 1.89. The Bertz CT molecular complexity index is 1050. The molecule has 0 unspecified atom stereocenters. The average molecular weight is 313 g/mol. The number of halogens is 2. The van der Waals surface area contributed by atoms with Crippen molar-refractivity contribution in [2.45, 2.75) is 6.92 Å². The van der Waals surface area contributed by atoms with Crippen molar-refractivity contribution < 1.29 is 8.78 Å². The number of fused-ring (bicyclic) bond motifs is 2. The molecule has 0 radical (unpaired) electrons. The minimum absolute atomic E-state index is 0.0738. The van der Waals surface area contributed by atoms with Crippen LogP contribution < -0.4 is 5.32 Å². The zero-order valence-corrected chi connectivity index (χ0v) is 12.5. The van der Waals surface area contributed by atoms with Crippen molar-refractivity contribution in [3.05, 3.63) is 47.9 Å². The Morgan fingerprint density at radius 3 is 2.78 bits per heavy atom. The summed E-state index contributed by atoms with van der Waals surface area (Å²) < 4.78 is 30.1. The topological polar surface area (TPSA) is 58.0 Å². The lowest BCUT2D eigenvalue weighted by Gasteiger charge is -2.10. The molecule has 0 fully saturated rings. The fourth-order valence-corrected chi connectivity index (χ4v) is 2.86. The van der Waals surface area contributed by atoms with Gasteiger partial charge in [0.05, 0.1) is 12.4 Å². The molecule has 0 aliphatic heterocycles. The van der Waals surface area contributed by atoms with Crippen LogP contribution in [0.3, 0.4) is 0 Å². The van der Waals surface area contributed by atoms with Gasteiger partial charge in [-0.2, -0.15) is 5.10 Å². The van der Waals surface area contributed by atoms with Gasteiger partial charge in [-0.15, -0.1) is 0 Å². The molecule has 0 saturated carbocycles. The molecule has 0 amide bonds. The summed E-state index contributed by atoms with van der Waals surface area (Å²) in [6.45, 7) is 1.57. The standard InChI is InChI=1S/C16H13F2N5/c1-8-13(10-5-20-22-16(10)15(18)14(8)17)9-3-4-12-21-11(19-2)7-23(12)6-9/h3-7,19H,1-2H3,(H,20,22). The van der Waals surface area contributed by atoms with Gasteiger partial charge in [-0.25, -0.2) is 13.8 Å². The molecule has 0 spiro atoms. The highest BCUT2D eigenvalue weighted by Gasteiger charge is 2.20. The smallest absolute Gasteiger partial charge is 0.184 e. The molecule has 1 aromatic carbocycles. The SMILES string of the molecule is CNc1cn2cc(-c3c(C)c(F)c(F)c4[nH]ncc34)ccc2n1. The van der Waals surface area contributed by atoms with E-state index in [1.165, 1.54) is 6.20 Å². The summed E-state index contributed by atoms with van der Waals surface area (Å²) in [5, 5.41) is 9.89. The van der Waals surface area contributed by atoms with Gasteiger partial charge < -0.3 is 9.72 Å². The minimum atomic E-state index is -0.903. The highest BCUT2D eigenvalue weighted by molar-refractivity contribution is 5.96. The summed E-state index contributed by atoms with van der Waals surface area (Å²) in [5.41, 5.74) is 2.48. The third-order valence-corrected chi connectivity index (χ3v) is 4.02. The predicted molar refractivity (Wildman–Crippen MR) is 84.5 cm³/mol. The largest absolute Gasteiger partial charge is 0.372 e. The Morgan fingerprint density at radius 2 is 2.00 bits per heavy atom. The minimum Gasteiger partial charge on any atom is -0.372 e. The average Bonchev–Trinajstić information content (AvgIpc) is 3.18. The molecule has 23 heavy (non-hydrogen) atoms. The molecule has 5 nitrogen and oxygen atoms in total.